The zero-order chi connectivity index (χ0) is 14.4. The monoisotopic (exact) mass is 273 g/mol. The van der Waals surface area contributed by atoms with Crippen LogP contribution in [0, 0.1) is 5.92 Å². The topological polar surface area (TPSA) is 29.1 Å². The lowest BCUT2D eigenvalue weighted by atomic mass is 9.87. The van der Waals surface area contributed by atoms with Gasteiger partial charge >= 0.3 is 0 Å². The Morgan fingerprint density at radius 2 is 1.95 bits per heavy atom. The van der Waals surface area contributed by atoms with Crippen molar-refractivity contribution in [3.63, 3.8) is 0 Å². The van der Waals surface area contributed by atoms with Gasteiger partial charge in [0.25, 0.3) is 0 Å². The van der Waals surface area contributed by atoms with Crippen molar-refractivity contribution in [1.82, 2.24) is 5.32 Å². The minimum Gasteiger partial charge on any atom is -0.349 e. The molecule has 1 aromatic rings. The van der Waals surface area contributed by atoms with Gasteiger partial charge in [-0.1, -0.05) is 51.0 Å². The summed E-state index contributed by atoms with van der Waals surface area (Å²) in [7, 11) is 0. The summed E-state index contributed by atoms with van der Waals surface area (Å²) in [5.74, 6) is 0.453. The lowest BCUT2D eigenvalue weighted by Gasteiger charge is -2.28. The lowest BCUT2D eigenvalue weighted by Crippen LogP contribution is -2.35. The molecule has 0 saturated carbocycles. The van der Waals surface area contributed by atoms with E-state index in [1.165, 1.54) is 17.5 Å². The van der Waals surface area contributed by atoms with Gasteiger partial charge in [-0.2, -0.15) is 0 Å². The molecule has 1 aliphatic rings. The van der Waals surface area contributed by atoms with Gasteiger partial charge in [-0.05, 0) is 43.2 Å². The Morgan fingerprint density at radius 3 is 2.65 bits per heavy atom. The lowest BCUT2D eigenvalue weighted by molar-refractivity contribution is -0.126. The molecule has 0 bridgehead atoms. The van der Waals surface area contributed by atoms with Gasteiger partial charge in [-0.25, -0.2) is 0 Å². The Kier molecular flexibility index (Phi) is 5.63. The fourth-order valence-corrected chi connectivity index (χ4v) is 3.30. The summed E-state index contributed by atoms with van der Waals surface area (Å²) in [4.78, 5) is 12.5. The van der Waals surface area contributed by atoms with Gasteiger partial charge in [-0.15, -0.1) is 0 Å². The van der Waals surface area contributed by atoms with Gasteiger partial charge in [0.05, 0.1) is 6.04 Å². The maximum atomic E-state index is 12.5. The smallest absolute Gasteiger partial charge is 0.223 e. The molecule has 0 heterocycles. The van der Waals surface area contributed by atoms with Crippen LogP contribution in [0.1, 0.15) is 69.5 Å². The minimum atomic E-state index is 0.194. The molecule has 110 valence electrons. The number of benzene rings is 1. The van der Waals surface area contributed by atoms with Gasteiger partial charge in [0.1, 0.15) is 0 Å². The molecule has 1 atom stereocenters. The number of rotatable bonds is 6. The molecule has 1 aliphatic carbocycles. The maximum Gasteiger partial charge on any atom is 0.223 e. The number of amides is 1. The number of nitrogens with one attached hydrogen (secondary N) is 1. The normalized spacial score (nSPS) is 17.9. The maximum absolute atomic E-state index is 12.5. The van der Waals surface area contributed by atoms with Crippen LogP contribution in [-0.2, 0) is 11.2 Å². The van der Waals surface area contributed by atoms with E-state index in [-0.39, 0.29) is 17.9 Å². The Bertz CT molecular complexity index is 435. The average molecular weight is 273 g/mol. The molecule has 2 heteroatoms. The van der Waals surface area contributed by atoms with Crippen LogP contribution >= 0.6 is 0 Å². The summed E-state index contributed by atoms with van der Waals surface area (Å²) in [6.07, 6.45) is 7.58. The second-order valence-corrected chi connectivity index (χ2v) is 5.93. The van der Waals surface area contributed by atoms with E-state index in [1.807, 2.05) is 0 Å². The van der Waals surface area contributed by atoms with Crippen LogP contribution in [0.5, 0.6) is 0 Å². The van der Waals surface area contributed by atoms with Gasteiger partial charge in [0.2, 0.25) is 5.91 Å². The van der Waals surface area contributed by atoms with Crippen molar-refractivity contribution >= 4 is 5.91 Å². The molecule has 0 fully saturated rings. The number of fused-ring (bicyclic) bond motifs is 1. The van der Waals surface area contributed by atoms with Gasteiger partial charge in [0, 0.05) is 5.92 Å². The van der Waals surface area contributed by atoms with Crippen LogP contribution in [0.3, 0.4) is 0 Å². The largest absolute Gasteiger partial charge is 0.349 e. The molecule has 0 radical (unpaired) electrons. The highest BCUT2D eigenvalue weighted by Gasteiger charge is 2.24. The Hall–Kier alpha value is -1.31. The van der Waals surface area contributed by atoms with E-state index in [0.717, 1.165) is 38.5 Å². The number of aryl methyl sites for hydroxylation is 1. The Labute approximate surface area is 123 Å². The molecule has 1 N–H and O–H groups in total. The van der Waals surface area contributed by atoms with Gasteiger partial charge in [-0.3, -0.25) is 4.79 Å². The summed E-state index contributed by atoms with van der Waals surface area (Å²) < 4.78 is 0. The van der Waals surface area contributed by atoms with E-state index in [1.54, 1.807) is 0 Å². The molecule has 1 amide bonds. The molecule has 0 aliphatic heterocycles. The van der Waals surface area contributed by atoms with Crippen LogP contribution in [-0.4, -0.2) is 5.91 Å². The highest BCUT2D eigenvalue weighted by molar-refractivity contribution is 5.79. The molecular formula is C18H27NO. The predicted octanol–water partition coefficient (Wildman–Crippen LogP) is 4.40. The molecule has 2 rings (SSSR count). The number of carbonyl (C=O) groups excluding carboxylic acids is 1. The Morgan fingerprint density at radius 1 is 1.25 bits per heavy atom. The van der Waals surface area contributed by atoms with Crippen molar-refractivity contribution < 1.29 is 4.79 Å². The average Bonchev–Trinajstić information content (AvgIpc) is 2.47. The van der Waals surface area contributed by atoms with Crippen molar-refractivity contribution in [2.45, 2.75) is 64.8 Å². The summed E-state index contributed by atoms with van der Waals surface area (Å²) in [5.41, 5.74) is 2.74. The molecule has 0 aromatic heterocycles. The first kappa shape index (κ1) is 15.1. The van der Waals surface area contributed by atoms with E-state index in [9.17, 15) is 4.79 Å². The van der Waals surface area contributed by atoms with E-state index in [0.29, 0.717) is 0 Å². The highest BCUT2D eigenvalue weighted by Crippen LogP contribution is 2.30. The third kappa shape index (κ3) is 3.62. The van der Waals surface area contributed by atoms with Crippen molar-refractivity contribution in [3.05, 3.63) is 35.4 Å². The Balaban J connectivity index is 2.04. The van der Waals surface area contributed by atoms with Crippen molar-refractivity contribution in [3.8, 4) is 0 Å². The second kappa shape index (κ2) is 7.47. The van der Waals surface area contributed by atoms with E-state index >= 15 is 0 Å². The van der Waals surface area contributed by atoms with Gasteiger partial charge < -0.3 is 5.32 Å². The molecular weight excluding hydrogens is 246 g/mol. The molecule has 20 heavy (non-hydrogen) atoms. The van der Waals surface area contributed by atoms with Gasteiger partial charge in [0.15, 0.2) is 0 Å². The summed E-state index contributed by atoms with van der Waals surface area (Å²) >= 11 is 0. The van der Waals surface area contributed by atoms with Crippen LogP contribution in [0.2, 0.25) is 0 Å². The van der Waals surface area contributed by atoms with Crippen LogP contribution in [0.15, 0.2) is 24.3 Å². The quantitative estimate of drug-likeness (QED) is 0.818. The zero-order valence-electron chi connectivity index (χ0n) is 12.8. The van der Waals surface area contributed by atoms with E-state index in [2.05, 4.69) is 43.4 Å². The van der Waals surface area contributed by atoms with Crippen molar-refractivity contribution in [2.75, 3.05) is 0 Å². The van der Waals surface area contributed by atoms with Crippen molar-refractivity contribution in [1.29, 1.82) is 0 Å². The van der Waals surface area contributed by atoms with Crippen LogP contribution < -0.4 is 5.32 Å². The first-order valence-corrected chi connectivity index (χ1v) is 8.14. The predicted molar refractivity (Wildman–Crippen MR) is 83.6 cm³/mol. The second-order valence-electron chi connectivity index (χ2n) is 5.93. The molecule has 0 spiro atoms. The first-order valence-electron chi connectivity index (χ1n) is 8.14. The minimum absolute atomic E-state index is 0.194. The highest BCUT2D eigenvalue weighted by atomic mass is 16.1. The third-order valence-electron chi connectivity index (χ3n) is 4.33. The number of hydrogen-bond acceptors (Lipinski definition) is 1. The van der Waals surface area contributed by atoms with E-state index in [4.69, 9.17) is 0 Å². The van der Waals surface area contributed by atoms with Crippen LogP contribution in [0.25, 0.3) is 0 Å². The number of hydrogen-bond donors (Lipinski definition) is 1. The van der Waals surface area contributed by atoms with Crippen molar-refractivity contribution in [2.24, 2.45) is 5.92 Å². The fourth-order valence-electron chi connectivity index (χ4n) is 3.30. The van der Waals surface area contributed by atoms with E-state index < -0.39 is 0 Å². The third-order valence-corrected chi connectivity index (χ3v) is 4.33. The summed E-state index contributed by atoms with van der Waals surface area (Å²) in [6, 6.07) is 8.78. The summed E-state index contributed by atoms with van der Waals surface area (Å²) in [5, 5.41) is 3.31. The summed E-state index contributed by atoms with van der Waals surface area (Å²) in [6.45, 7) is 4.32. The number of carbonyl (C=O) groups is 1. The molecule has 0 unspecified atom stereocenters. The first-order chi connectivity index (χ1) is 9.76. The molecule has 2 nitrogen and oxygen atoms in total. The zero-order valence-corrected chi connectivity index (χ0v) is 12.8. The SMILES string of the molecule is CCCC(CCC)C(=O)N[C@@H]1CCCc2ccccc21. The standard InChI is InChI=1S/C18H27NO/c1-3-8-15(9-4-2)18(20)19-17-13-7-11-14-10-5-6-12-16(14)17/h5-6,10,12,15,17H,3-4,7-9,11,13H2,1-2H3,(H,19,20)/t17-/m1/s1. The fraction of sp³-hybridized carbons (Fsp3) is 0.611. The molecule has 1 aromatic carbocycles. The molecule has 0 saturated heterocycles. The van der Waals surface area contributed by atoms with Crippen LogP contribution in [0.4, 0.5) is 0 Å².